The molecule has 0 bridgehead atoms. The van der Waals surface area contributed by atoms with Crippen molar-refractivity contribution < 1.29 is 23.5 Å². The van der Waals surface area contributed by atoms with E-state index in [0.29, 0.717) is 34.6 Å². The zero-order chi connectivity index (χ0) is 28.8. The molecule has 4 rings (SSSR count). The number of nitrogens with one attached hydrogen (secondary N) is 1. The van der Waals surface area contributed by atoms with Gasteiger partial charge in [0.15, 0.2) is 0 Å². The fraction of sp³-hybridized carbons (Fsp3) is 0.290. The Morgan fingerprint density at radius 1 is 1.00 bits per heavy atom. The largest absolute Gasteiger partial charge is 0.469 e. The van der Waals surface area contributed by atoms with Crippen LogP contribution in [-0.2, 0) is 25.5 Å². The van der Waals surface area contributed by atoms with Crippen molar-refractivity contribution in [2.75, 3.05) is 45.0 Å². The number of carbonyl (C=O) groups excluding carboxylic acids is 3. The molecule has 0 aromatic heterocycles. The van der Waals surface area contributed by atoms with Gasteiger partial charge in [0.25, 0.3) is 0 Å². The standard InChI is InChI=1S/C31H33FN4O4/c1-35(2)17-5-6-27(37)36(3)24-14-12-23(13-15-24)33-30(21-9-7-20(8-10-21)18-28(38)40-4)29-25-16-11-22(32)19-26(25)34-31(29)39/h7-16,19,29H,5-6,17-18H2,1-4H3,(H,34,39). The molecule has 0 radical (unpaired) electrons. The summed E-state index contributed by atoms with van der Waals surface area (Å²) in [6, 6.07) is 18.6. The van der Waals surface area contributed by atoms with Crippen LogP contribution in [0.3, 0.4) is 0 Å². The fourth-order valence-corrected chi connectivity index (χ4v) is 4.58. The first-order valence-electron chi connectivity index (χ1n) is 13.0. The highest BCUT2D eigenvalue weighted by atomic mass is 19.1. The van der Waals surface area contributed by atoms with Gasteiger partial charge >= 0.3 is 5.97 Å². The molecule has 0 saturated heterocycles. The molecule has 0 fully saturated rings. The molecule has 2 amide bonds. The predicted octanol–water partition coefficient (Wildman–Crippen LogP) is 4.70. The number of hydrogen-bond donors (Lipinski definition) is 1. The number of esters is 1. The van der Waals surface area contributed by atoms with Gasteiger partial charge in [-0.1, -0.05) is 30.3 Å². The average molecular weight is 545 g/mol. The molecule has 208 valence electrons. The molecule has 1 unspecified atom stereocenters. The number of aliphatic imine (C=N–C) groups is 1. The van der Waals surface area contributed by atoms with Crippen LogP contribution in [0.4, 0.5) is 21.5 Å². The van der Waals surface area contributed by atoms with Gasteiger partial charge in [-0.15, -0.1) is 0 Å². The quantitative estimate of drug-likeness (QED) is 0.295. The first kappa shape index (κ1) is 28.6. The van der Waals surface area contributed by atoms with Crippen molar-refractivity contribution in [3.63, 3.8) is 0 Å². The zero-order valence-corrected chi connectivity index (χ0v) is 23.1. The van der Waals surface area contributed by atoms with Gasteiger partial charge in [0.1, 0.15) is 11.7 Å². The van der Waals surface area contributed by atoms with Gasteiger partial charge in [-0.2, -0.15) is 0 Å². The molecule has 0 saturated carbocycles. The number of ether oxygens (including phenoxy) is 1. The predicted molar refractivity (Wildman–Crippen MR) is 154 cm³/mol. The van der Waals surface area contributed by atoms with Crippen LogP contribution in [0.5, 0.6) is 0 Å². The van der Waals surface area contributed by atoms with Crippen molar-refractivity contribution in [3.8, 4) is 0 Å². The van der Waals surface area contributed by atoms with Crippen LogP contribution in [0.25, 0.3) is 0 Å². The van der Waals surface area contributed by atoms with Crippen LogP contribution in [0, 0.1) is 5.82 Å². The van der Waals surface area contributed by atoms with E-state index in [0.717, 1.165) is 24.2 Å². The van der Waals surface area contributed by atoms with E-state index in [1.54, 1.807) is 54.4 Å². The Morgan fingerprint density at radius 3 is 2.35 bits per heavy atom. The Kier molecular flexibility index (Phi) is 9.06. The first-order valence-corrected chi connectivity index (χ1v) is 13.0. The third kappa shape index (κ3) is 6.79. The van der Waals surface area contributed by atoms with E-state index in [4.69, 9.17) is 9.73 Å². The average Bonchev–Trinajstić information content (AvgIpc) is 3.26. The third-order valence-corrected chi connectivity index (χ3v) is 6.80. The third-order valence-electron chi connectivity index (χ3n) is 6.80. The lowest BCUT2D eigenvalue weighted by atomic mass is 9.90. The summed E-state index contributed by atoms with van der Waals surface area (Å²) in [4.78, 5) is 46.0. The van der Waals surface area contributed by atoms with Crippen LogP contribution in [-0.4, -0.2) is 63.2 Å². The summed E-state index contributed by atoms with van der Waals surface area (Å²) in [5.74, 6) is -1.84. The first-order chi connectivity index (χ1) is 19.2. The molecule has 8 nitrogen and oxygen atoms in total. The Morgan fingerprint density at radius 2 is 1.70 bits per heavy atom. The maximum absolute atomic E-state index is 13.9. The van der Waals surface area contributed by atoms with Crippen LogP contribution in [0.2, 0.25) is 0 Å². The Balaban J connectivity index is 1.65. The summed E-state index contributed by atoms with van der Waals surface area (Å²) in [5.41, 5.74) is 4.29. The molecule has 0 aliphatic carbocycles. The van der Waals surface area contributed by atoms with Crippen molar-refractivity contribution in [3.05, 3.63) is 89.2 Å². The van der Waals surface area contributed by atoms with Crippen molar-refractivity contribution in [1.82, 2.24) is 4.90 Å². The second kappa shape index (κ2) is 12.7. The number of benzene rings is 3. The lowest BCUT2D eigenvalue weighted by Crippen LogP contribution is -2.27. The molecule has 3 aromatic rings. The van der Waals surface area contributed by atoms with Crippen molar-refractivity contribution >= 4 is 40.6 Å². The number of nitrogens with zero attached hydrogens (tertiary/aromatic N) is 3. The molecule has 1 N–H and O–H groups in total. The van der Waals surface area contributed by atoms with Crippen LogP contribution in [0.1, 0.15) is 35.4 Å². The van der Waals surface area contributed by atoms with Gasteiger partial charge in [-0.05, 0) is 80.1 Å². The SMILES string of the molecule is COC(=O)Cc1ccc(C(=Nc2ccc(N(C)C(=O)CCCN(C)C)cc2)C2C(=O)Nc3cc(F)ccc32)cc1. The normalized spacial score (nSPS) is 14.6. The van der Waals surface area contributed by atoms with Crippen LogP contribution in [0.15, 0.2) is 71.7 Å². The van der Waals surface area contributed by atoms with E-state index >= 15 is 0 Å². The molecule has 9 heteroatoms. The molecule has 3 aromatic carbocycles. The molecule has 0 spiro atoms. The van der Waals surface area contributed by atoms with E-state index in [9.17, 15) is 18.8 Å². The van der Waals surface area contributed by atoms with Gasteiger partial charge in [-0.25, -0.2) is 4.39 Å². The molecule has 40 heavy (non-hydrogen) atoms. The monoisotopic (exact) mass is 544 g/mol. The Hall–Kier alpha value is -4.37. The smallest absolute Gasteiger partial charge is 0.309 e. The Bertz CT molecular complexity index is 1420. The van der Waals surface area contributed by atoms with E-state index in [-0.39, 0.29) is 24.2 Å². The van der Waals surface area contributed by atoms with Crippen LogP contribution < -0.4 is 10.2 Å². The fourth-order valence-electron chi connectivity index (χ4n) is 4.58. The van der Waals surface area contributed by atoms with Gasteiger partial charge in [-0.3, -0.25) is 19.4 Å². The minimum absolute atomic E-state index is 0.0253. The van der Waals surface area contributed by atoms with E-state index < -0.39 is 11.7 Å². The molecule has 1 aliphatic rings. The molecular formula is C31H33FN4O4. The van der Waals surface area contributed by atoms with Gasteiger partial charge in [0.05, 0.1) is 24.9 Å². The second-order valence-corrected chi connectivity index (χ2v) is 9.98. The minimum atomic E-state index is -0.761. The summed E-state index contributed by atoms with van der Waals surface area (Å²) in [6.45, 7) is 0.837. The number of amides is 2. The number of rotatable bonds is 10. The maximum atomic E-state index is 13.9. The van der Waals surface area contributed by atoms with Crippen molar-refractivity contribution in [1.29, 1.82) is 0 Å². The van der Waals surface area contributed by atoms with Crippen molar-refractivity contribution in [2.45, 2.75) is 25.2 Å². The lowest BCUT2D eigenvalue weighted by Gasteiger charge is -2.18. The number of halogens is 1. The highest BCUT2D eigenvalue weighted by molar-refractivity contribution is 6.24. The molecule has 1 atom stereocenters. The molecule has 1 heterocycles. The van der Waals surface area contributed by atoms with E-state index in [2.05, 4.69) is 5.32 Å². The second-order valence-electron chi connectivity index (χ2n) is 9.98. The lowest BCUT2D eigenvalue weighted by molar-refractivity contribution is -0.139. The highest BCUT2D eigenvalue weighted by Gasteiger charge is 2.35. The van der Waals surface area contributed by atoms with Crippen molar-refractivity contribution in [2.24, 2.45) is 4.99 Å². The maximum Gasteiger partial charge on any atom is 0.309 e. The van der Waals surface area contributed by atoms with Gasteiger partial charge in [0.2, 0.25) is 11.8 Å². The van der Waals surface area contributed by atoms with Gasteiger partial charge in [0, 0.05) is 24.8 Å². The Labute approximate surface area is 233 Å². The summed E-state index contributed by atoms with van der Waals surface area (Å²) < 4.78 is 18.6. The number of anilines is 2. The highest BCUT2D eigenvalue weighted by Crippen LogP contribution is 2.37. The number of carbonyl (C=O) groups is 3. The minimum Gasteiger partial charge on any atom is -0.469 e. The summed E-state index contributed by atoms with van der Waals surface area (Å²) in [7, 11) is 7.04. The number of fused-ring (bicyclic) bond motifs is 1. The zero-order valence-electron chi connectivity index (χ0n) is 23.1. The summed E-state index contributed by atoms with van der Waals surface area (Å²) in [6.07, 6.45) is 1.34. The topological polar surface area (TPSA) is 91.3 Å². The van der Waals surface area contributed by atoms with E-state index in [1.165, 1.54) is 19.2 Å². The molecular weight excluding hydrogens is 511 g/mol. The molecule has 1 aliphatic heterocycles. The summed E-state index contributed by atoms with van der Waals surface area (Å²) in [5, 5.41) is 2.76. The van der Waals surface area contributed by atoms with Crippen LogP contribution >= 0.6 is 0 Å². The van der Waals surface area contributed by atoms with E-state index in [1.807, 2.05) is 31.1 Å². The summed E-state index contributed by atoms with van der Waals surface area (Å²) >= 11 is 0. The number of hydrogen-bond acceptors (Lipinski definition) is 6. The number of methoxy groups -OCH3 is 1. The van der Waals surface area contributed by atoms with Gasteiger partial charge < -0.3 is 19.9 Å².